The second-order valence-electron chi connectivity index (χ2n) is 4.19. The predicted octanol–water partition coefficient (Wildman–Crippen LogP) is 3.12. The Morgan fingerprint density at radius 1 is 1.32 bits per heavy atom. The first-order valence-electron chi connectivity index (χ1n) is 6.47. The highest BCUT2D eigenvalue weighted by Crippen LogP contribution is 2.27. The van der Waals surface area contributed by atoms with Crippen molar-refractivity contribution < 1.29 is 0 Å². The normalized spacial score (nSPS) is 10.7. The van der Waals surface area contributed by atoms with Crippen LogP contribution in [0.4, 0.5) is 5.82 Å². The van der Waals surface area contributed by atoms with Crippen LogP contribution in [-0.2, 0) is 13.0 Å². The van der Waals surface area contributed by atoms with Crippen molar-refractivity contribution in [3.05, 3.63) is 22.4 Å². The molecule has 6 heteroatoms. The Labute approximate surface area is 121 Å². The smallest absolute Gasteiger partial charge is 0.180 e. The molecule has 0 fully saturated rings. The summed E-state index contributed by atoms with van der Waals surface area (Å²) in [7, 11) is 1.86. The van der Waals surface area contributed by atoms with Crippen LogP contribution in [0.2, 0.25) is 0 Å². The molecule has 0 atom stereocenters. The molecule has 1 N–H and O–H groups in total. The zero-order chi connectivity index (χ0) is 13.8. The van der Waals surface area contributed by atoms with Gasteiger partial charge in [-0.05, 0) is 35.3 Å². The van der Waals surface area contributed by atoms with Crippen molar-refractivity contribution in [3.8, 4) is 11.5 Å². The predicted molar refractivity (Wildman–Crippen MR) is 80.2 cm³/mol. The fourth-order valence-corrected chi connectivity index (χ4v) is 2.52. The van der Waals surface area contributed by atoms with Gasteiger partial charge in [0.15, 0.2) is 5.82 Å². The van der Waals surface area contributed by atoms with Crippen LogP contribution in [0.15, 0.2) is 16.7 Å². The Bertz CT molecular complexity index is 564. The number of nitrogens with zero attached hydrogens (tertiary/aromatic N) is 4. The van der Waals surface area contributed by atoms with Crippen LogP contribution < -0.4 is 5.32 Å². The van der Waals surface area contributed by atoms with E-state index in [0.29, 0.717) is 0 Å². The van der Waals surface area contributed by atoms with Crippen molar-refractivity contribution in [2.45, 2.75) is 33.2 Å². The number of hydrogen-bond donors (Lipinski definition) is 1. The molecule has 19 heavy (non-hydrogen) atoms. The summed E-state index contributed by atoms with van der Waals surface area (Å²) in [5.41, 5.74) is 1.98. The lowest BCUT2D eigenvalue weighted by molar-refractivity contribution is 0.663. The SMILES string of the molecule is CCCc1nc(-c2ccnn2CC)nc(NC)c1Br. The fraction of sp³-hybridized carbons (Fsp3) is 0.462. The topological polar surface area (TPSA) is 55.6 Å². The second kappa shape index (κ2) is 6.14. The van der Waals surface area contributed by atoms with Gasteiger partial charge in [0.05, 0.1) is 10.2 Å². The molecule has 5 nitrogen and oxygen atoms in total. The van der Waals surface area contributed by atoms with Gasteiger partial charge in [-0.15, -0.1) is 0 Å². The van der Waals surface area contributed by atoms with Crippen LogP contribution in [0.5, 0.6) is 0 Å². The van der Waals surface area contributed by atoms with Gasteiger partial charge in [0.1, 0.15) is 11.5 Å². The Balaban J connectivity index is 2.54. The molecule has 0 saturated heterocycles. The molecule has 2 rings (SSSR count). The Kier molecular flexibility index (Phi) is 4.52. The average Bonchev–Trinajstić information content (AvgIpc) is 2.89. The minimum Gasteiger partial charge on any atom is -0.372 e. The molecular weight excluding hydrogens is 306 g/mol. The summed E-state index contributed by atoms with van der Waals surface area (Å²) >= 11 is 3.57. The zero-order valence-corrected chi connectivity index (χ0v) is 13.0. The standard InChI is InChI=1S/C13H18BrN5/c1-4-6-9-11(14)13(15-3)18-12(17-9)10-7-8-16-19(10)5-2/h7-8H,4-6H2,1-3H3,(H,15,17,18). The van der Waals surface area contributed by atoms with Crippen LogP contribution in [0, 0.1) is 0 Å². The van der Waals surface area contributed by atoms with E-state index in [1.165, 1.54) is 0 Å². The van der Waals surface area contributed by atoms with Crippen molar-refractivity contribution in [2.75, 3.05) is 12.4 Å². The van der Waals surface area contributed by atoms with E-state index in [2.05, 4.69) is 50.2 Å². The van der Waals surface area contributed by atoms with Crippen molar-refractivity contribution in [1.29, 1.82) is 0 Å². The molecule has 2 aromatic rings. The minimum absolute atomic E-state index is 0.718. The molecule has 0 aliphatic heterocycles. The molecule has 0 unspecified atom stereocenters. The van der Waals surface area contributed by atoms with E-state index in [1.54, 1.807) is 6.20 Å². The van der Waals surface area contributed by atoms with Gasteiger partial charge in [-0.25, -0.2) is 9.97 Å². The van der Waals surface area contributed by atoms with Crippen LogP contribution in [0.3, 0.4) is 0 Å². The van der Waals surface area contributed by atoms with Crippen molar-refractivity contribution in [2.24, 2.45) is 0 Å². The van der Waals surface area contributed by atoms with Crippen molar-refractivity contribution in [3.63, 3.8) is 0 Å². The number of halogens is 1. The highest BCUT2D eigenvalue weighted by molar-refractivity contribution is 9.10. The van der Waals surface area contributed by atoms with E-state index < -0.39 is 0 Å². The number of anilines is 1. The molecular formula is C13H18BrN5. The van der Waals surface area contributed by atoms with Gasteiger partial charge in [-0.1, -0.05) is 13.3 Å². The molecule has 0 amide bonds. The summed E-state index contributed by atoms with van der Waals surface area (Å²) < 4.78 is 2.85. The third-order valence-electron chi connectivity index (χ3n) is 2.89. The van der Waals surface area contributed by atoms with Crippen LogP contribution >= 0.6 is 15.9 Å². The highest BCUT2D eigenvalue weighted by atomic mass is 79.9. The fourth-order valence-electron chi connectivity index (χ4n) is 1.95. The number of rotatable bonds is 5. The lowest BCUT2D eigenvalue weighted by Crippen LogP contribution is -2.06. The summed E-state index contributed by atoms with van der Waals surface area (Å²) in [5.74, 6) is 1.53. The third kappa shape index (κ3) is 2.78. The third-order valence-corrected chi connectivity index (χ3v) is 3.72. The van der Waals surface area contributed by atoms with Gasteiger partial charge >= 0.3 is 0 Å². The Morgan fingerprint density at radius 3 is 2.74 bits per heavy atom. The zero-order valence-electron chi connectivity index (χ0n) is 11.4. The molecule has 2 aromatic heterocycles. The van der Waals surface area contributed by atoms with E-state index >= 15 is 0 Å². The van der Waals surface area contributed by atoms with Crippen LogP contribution in [-0.4, -0.2) is 26.8 Å². The minimum atomic E-state index is 0.718. The van der Waals surface area contributed by atoms with Crippen molar-refractivity contribution >= 4 is 21.7 Å². The molecule has 0 aliphatic carbocycles. The number of aryl methyl sites for hydroxylation is 2. The summed E-state index contributed by atoms with van der Waals surface area (Å²) in [6.07, 6.45) is 3.75. The van der Waals surface area contributed by atoms with E-state index in [1.807, 2.05) is 17.8 Å². The lowest BCUT2D eigenvalue weighted by Gasteiger charge is -2.11. The number of hydrogen-bond acceptors (Lipinski definition) is 4. The van der Waals surface area contributed by atoms with Gasteiger partial charge in [0.2, 0.25) is 0 Å². The summed E-state index contributed by atoms with van der Waals surface area (Å²) in [6, 6.07) is 1.95. The van der Waals surface area contributed by atoms with E-state index in [9.17, 15) is 0 Å². The Morgan fingerprint density at radius 2 is 2.11 bits per heavy atom. The number of aromatic nitrogens is 4. The first-order chi connectivity index (χ1) is 9.21. The summed E-state index contributed by atoms with van der Waals surface area (Å²) in [5, 5.41) is 7.38. The first-order valence-corrected chi connectivity index (χ1v) is 7.26. The average molecular weight is 324 g/mol. The first kappa shape index (κ1) is 14.0. The molecule has 0 aromatic carbocycles. The summed E-state index contributed by atoms with van der Waals surface area (Å²) in [6.45, 7) is 5.00. The van der Waals surface area contributed by atoms with Crippen molar-refractivity contribution in [1.82, 2.24) is 19.7 Å². The van der Waals surface area contributed by atoms with E-state index in [4.69, 9.17) is 0 Å². The molecule has 0 aliphatic rings. The highest BCUT2D eigenvalue weighted by Gasteiger charge is 2.14. The van der Waals surface area contributed by atoms with Gasteiger partial charge in [0.25, 0.3) is 0 Å². The lowest BCUT2D eigenvalue weighted by atomic mass is 10.2. The number of nitrogens with one attached hydrogen (secondary N) is 1. The van der Waals surface area contributed by atoms with E-state index in [-0.39, 0.29) is 0 Å². The van der Waals surface area contributed by atoms with Gasteiger partial charge < -0.3 is 5.32 Å². The monoisotopic (exact) mass is 323 g/mol. The van der Waals surface area contributed by atoms with Gasteiger partial charge in [-0.2, -0.15) is 5.10 Å². The maximum absolute atomic E-state index is 4.66. The maximum Gasteiger partial charge on any atom is 0.180 e. The van der Waals surface area contributed by atoms with Gasteiger partial charge in [-0.3, -0.25) is 4.68 Å². The second-order valence-corrected chi connectivity index (χ2v) is 4.98. The Hall–Kier alpha value is -1.43. The molecule has 0 saturated carbocycles. The van der Waals surface area contributed by atoms with E-state index in [0.717, 1.165) is 46.9 Å². The maximum atomic E-state index is 4.66. The molecule has 2 heterocycles. The quantitative estimate of drug-likeness (QED) is 0.918. The largest absolute Gasteiger partial charge is 0.372 e. The molecule has 0 radical (unpaired) electrons. The van der Waals surface area contributed by atoms with Crippen LogP contribution in [0.1, 0.15) is 26.0 Å². The van der Waals surface area contributed by atoms with Gasteiger partial charge in [0, 0.05) is 19.8 Å². The molecule has 102 valence electrons. The van der Waals surface area contributed by atoms with Crippen LogP contribution in [0.25, 0.3) is 11.5 Å². The molecule has 0 bridgehead atoms. The summed E-state index contributed by atoms with van der Waals surface area (Å²) in [4.78, 5) is 9.22. The molecule has 0 spiro atoms.